The van der Waals surface area contributed by atoms with Gasteiger partial charge in [-0.2, -0.15) is 0 Å². The van der Waals surface area contributed by atoms with Crippen LogP contribution in [-0.2, 0) is 13.2 Å². The summed E-state index contributed by atoms with van der Waals surface area (Å²) < 4.78 is 12.6. The van der Waals surface area contributed by atoms with E-state index in [1.807, 2.05) is 0 Å². The van der Waals surface area contributed by atoms with Crippen molar-refractivity contribution < 1.29 is 9.47 Å². The van der Waals surface area contributed by atoms with Crippen molar-refractivity contribution in [2.75, 3.05) is 26.7 Å². The number of aryl methyl sites for hydroxylation is 1. The lowest BCUT2D eigenvalue weighted by molar-refractivity contribution is 0.259. The first-order valence-corrected chi connectivity index (χ1v) is 10.9. The van der Waals surface area contributed by atoms with Gasteiger partial charge in [0, 0.05) is 19.1 Å². The van der Waals surface area contributed by atoms with Crippen molar-refractivity contribution in [1.82, 2.24) is 10.2 Å². The molecule has 5 heteroatoms. The number of rotatable bonds is 9. The molecule has 2 aromatic carbocycles. The van der Waals surface area contributed by atoms with Crippen molar-refractivity contribution >= 4 is 15.9 Å². The Hall–Kier alpha value is -1.56. The molecule has 28 heavy (non-hydrogen) atoms. The van der Waals surface area contributed by atoms with Gasteiger partial charge < -0.3 is 14.8 Å². The highest BCUT2D eigenvalue weighted by Gasteiger charge is 2.22. The minimum absolute atomic E-state index is 0.517. The molecule has 0 bridgehead atoms. The van der Waals surface area contributed by atoms with E-state index >= 15 is 0 Å². The second-order valence-corrected chi connectivity index (χ2v) is 8.30. The standard InChI is InChI=1S/C23H31BrN2O2/c1-4-26-10-6-9-20(26)15-25-14-19-12-21(24)23(22(13-19)27-3)28-16-18-8-5-7-17(2)11-18/h5,7-8,11-13,20,25H,4,6,9-10,14-16H2,1-3H3/t20-/m0/s1. The topological polar surface area (TPSA) is 33.7 Å². The van der Waals surface area contributed by atoms with E-state index in [1.165, 1.54) is 30.5 Å². The van der Waals surface area contributed by atoms with Gasteiger partial charge in [0.15, 0.2) is 11.5 Å². The number of likely N-dealkylation sites (tertiary alicyclic amines) is 1. The Kier molecular flexibility index (Phi) is 7.77. The maximum Gasteiger partial charge on any atom is 0.175 e. The molecule has 1 aliphatic rings. The van der Waals surface area contributed by atoms with E-state index in [0.29, 0.717) is 12.6 Å². The fourth-order valence-corrected chi connectivity index (χ4v) is 4.50. The van der Waals surface area contributed by atoms with E-state index in [9.17, 15) is 0 Å². The maximum absolute atomic E-state index is 6.07. The third-order valence-corrected chi connectivity index (χ3v) is 5.96. The van der Waals surface area contributed by atoms with Crippen LogP contribution in [0.2, 0.25) is 0 Å². The molecule has 0 unspecified atom stereocenters. The van der Waals surface area contributed by atoms with Gasteiger partial charge in [0.05, 0.1) is 11.6 Å². The zero-order valence-corrected chi connectivity index (χ0v) is 18.7. The van der Waals surface area contributed by atoms with E-state index in [-0.39, 0.29) is 0 Å². The quantitative estimate of drug-likeness (QED) is 0.592. The van der Waals surface area contributed by atoms with Gasteiger partial charge in [-0.05, 0) is 72.0 Å². The van der Waals surface area contributed by atoms with Gasteiger partial charge in [0.1, 0.15) is 6.61 Å². The molecule has 1 N–H and O–H groups in total. The van der Waals surface area contributed by atoms with Gasteiger partial charge in [-0.25, -0.2) is 0 Å². The van der Waals surface area contributed by atoms with Crippen LogP contribution in [0.15, 0.2) is 40.9 Å². The molecule has 1 fully saturated rings. The second-order valence-electron chi connectivity index (χ2n) is 7.44. The van der Waals surface area contributed by atoms with E-state index in [4.69, 9.17) is 9.47 Å². The summed E-state index contributed by atoms with van der Waals surface area (Å²) in [5.74, 6) is 1.51. The molecule has 0 aliphatic carbocycles. The molecule has 2 aromatic rings. The predicted molar refractivity (Wildman–Crippen MR) is 118 cm³/mol. The SMILES string of the molecule is CCN1CCC[C@H]1CNCc1cc(Br)c(OCc2cccc(C)c2)c(OC)c1. The Balaban J connectivity index is 1.60. The van der Waals surface area contributed by atoms with E-state index in [1.54, 1.807) is 7.11 Å². The summed E-state index contributed by atoms with van der Waals surface area (Å²) in [5, 5.41) is 3.61. The molecule has 1 atom stereocenters. The Morgan fingerprint density at radius 3 is 2.82 bits per heavy atom. The van der Waals surface area contributed by atoms with Crippen LogP contribution in [0.5, 0.6) is 11.5 Å². The van der Waals surface area contributed by atoms with E-state index in [0.717, 1.165) is 41.2 Å². The monoisotopic (exact) mass is 446 g/mol. The van der Waals surface area contributed by atoms with Crippen LogP contribution in [0, 0.1) is 6.92 Å². The fourth-order valence-electron chi connectivity index (χ4n) is 3.90. The summed E-state index contributed by atoms with van der Waals surface area (Å²) in [6, 6.07) is 13.2. The first-order valence-electron chi connectivity index (χ1n) is 10.1. The molecule has 1 saturated heterocycles. The van der Waals surface area contributed by atoms with E-state index < -0.39 is 0 Å². The molecule has 0 spiro atoms. The average Bonchev–Trinajstić information content (AvgIpc) is 3.14. The highest BCUT2D eigenvalue weighted by molar-refractivity contribution is 9.10. The van der Waals surface area contributed by atoms with Crippen LogP contribution < -0.4 is 14.8 Å². The Bertz CT molecular complexity index is 781. The minimum Gasteiger partial charge on any atom is -0.493 e. The molecule has 3 rings (SSSR count). The summed E-state index contributed by atoms with van der Waals surface area (Å²) in [6.45, 7) is 9.07. The molecule has 0 amide bonds. The van der Waals surface area contributed by atoms with Gasteiger partial charge in [0.25, 0.3) is 0 Å². The molecule has 0 radical (unpaired) electrons. The molecule has 1 aliphatic heterocycles. The van der Waals surface area contributed by atoms with Crippen molar-refractivity contribution in [3.63, 3.8) is 0 Å². The van der Waals surface area contributed by atoms with Crippen LogP contribution >= 0.6 is 15.9 Å². The number of methoxy groups -OCH3 is 1. The van der Waals surface area contributed by atoms with Crippen LogP contribution in [-0.4, -0.2) is 37.7 Å². The van der Waals surface area contributed by atoms with Gasteiger partial charge in [-0.15, -0.1) is 0 Å². The van der Waals surface area contributed by atoms with Gasteiger partial charge in [0.2, 0.25) is 0 Å². The lowest BCUT2D eigenvalue weighted by Gasteiger charge is -2.23. The number of benzene rings is 2. The highest BCUT2D eigenvalue weighted by atomic mass is 79.9. The van der Waals surface area contributed by atoms with Crippen molar-refractivity contribution in [2.45, 2.75) is 45.9 Å². The zero-order valence-electron chi connectivity index (χ0n) is 17.1. The summed E-state index contributed by atoms with van der Waals surface area (Å²) in [6.07, 6.45) is 2.60. The number of halogens is 1. The van der Waals surface area contributed by atoms with Gasteiger partial charge in [-0.1, -0.05) is 36.8 Å². The number of nitrogens with one attached hydrogen (secondary N) is 1. The Labute approximate surface area is 177 Å². The largest absolute Gasteiger partial charge is 0.493 e. The minimum atomic E-state index is 0.517. The van der Waals surface area contributed by atoms with Gasteiger partial charge >= 0.3 is 0 Å². The normalized spacial score (nSPS) is 17.1. The van der Waals surface area contributed by atoms with Crippen LogP contribution in [0.1, 0.15) is 36.5 Å². The van der Waals surface area contributed by atoms with Crippen molar-refractivity contribution in [2.24, 2.45) is 0 Å². The van der Waals surface area contributed by atoms with Gasteiger partial charge in [-0.3, -0.25) is 4.90 Å². The smallest absolute Gasteiger partial charge is 0.175 e. The number of nitrogens with zero attached hydrogens (tertiary/aromatic N) is 1. The fraction of sp³-hybridized carbons (Fsp3) is 0.478. The predicted octanol–water partition coefficient (Wildman–Crippen LogP) is 4.92. The second kappa shape index (κ2) is 10.3. The lowest BCUT2D eigenvalue weighted by Crippen LogP contribution is -2.37. The molecular formula is C23H31BrN2O2. The molecule has 0 saturated carbocycles. The van der Waals surface area contributed by atoms with Crippen LogP contribution in [0.4, 0.5) is 0 Å². The van der Waals surface area contributed by atoms with Crippen LogP contribution in [0.25, 0.3) is 0 Å². The third-order valence-electron chi connectivity index (χ3n) is 5.37. The summed E-state index contributed by atoms with van der Waals surface area (Å²) in [5.41, 5.74) is 3.57. The first kappa shape index (κ1) is 21.2. The summed E-state index contributed by atoms with van der Waals surface area (Å²) in [4.78, 5) is 2.56. The Morgan fingerprint density at radius 2 is 2.07 bits per heavy atom. The first-order chi connectivity index (χ1) is 13.6. The summed E-state index contributed by atoms with van der Waals surface area (Å²) >= 11 is 3.66. The number of hydrogen-bond donors (Lipinski definition) is 1. The number of likely N-dealkylation sites (N-methyl/N-ethyl adjacent to an activating group) is 1. The molecule has 0 aromatic heterocycles. The molecule has 1 heterocycles. The number of hydrogen-bond acceptors (Lipinski definition) is 4. The maximum atomic E-state index is 6.07. The zero-order chi connectivity index (χ0) is 19.9. The van der Waals surface area contributed by atoms with Crippen molar-refractivity contribution in [3.05, 3.63) is 57.6 Å². The van der Waals surface area contributed by atoms with E-state index in [2.05, 4.69) is 76.4 Å². The molecular weight excluding hydrogens is 416 g/mol. The summed E-state index contributed by atoms with van der Waals surface area (Å²) in [7, 11) is 1.69. The molecule has 152 valence electrons. The number of ether oxygens (including phenoxy) is 2. The van der Waals surface area contributed by atoms with Crippen LogP contribution in [0.3, 0.4) is 0 Å². The Morgan fingerprint density at radius 1 is 1.21 bits per heavy atom. The lowest BCUT2D eigenvalue weighted by atomic mass is 10.1. The van der Waals surface area contributed by atoms with Crippen molar-refractivity contribution in [1.29, 1.82) is 0 Å². The average molecular weight is 447 g/mol. The van der Waals surface area contributed by atoms with Crippen molar-refractivity contribution in [3.8, 4) is 11.5 Å². The highest BCUT2D eigenvalue weighted by Crippen LogP contribution is 2.37. The molecule has 4 nitrogen and oxygen atoms in total. The third kappa shape index (κ3) is 5.49.